The Labute approximate surface area is 140 Å². The fourth-order valence-electron chi connectivity index (χ4n) is 2.34. The SMILES string of the molecule is [B]C([B])(n1ccc2cc(S(F)(F)(F)(F)F)ccc21)C(C)(C)N(C)C. The Morgan fingerprint density at radius 2 is 1.54 bits per heavy atom. The Bertz CT molecular complexity index is 797. The van der Waals surface area contributed by atoms with E-state index in [4.69, 9.17) is 15.7 Å². The average Bonchev–Trinajstić information content (AvgIpc) is 2.78. The number of benzene rings is 1. The summed E-state index contributed by atoms with van der Waals surface area (Å²) in [5, 5.41) is -1.51. The zero-order valence-corrected chi connectivity index (χ0v) is 14.6. The Morgan fingerprint density at radius 3 is 2.00 bits per heavy atom. The number of rotatable bonds is 4. The number of likely N-dealkylation sites (N-methyl/N-ethyl adjacent to an activating group) is 1. The summed E-state index contributed by atoms with van der Waals surface area (Å²) in [6.45, 7) is 3.53. The van der Waals surface area contributed by atoms with Crippen molar-refractivity contribution < 1.29 is 19.4 Å². The van der Waals surface area contributed by atoms with Crippen LogP contribution in [0.2, 0.25) is 0 Å². The maximum Gasteiger partial charge on any atom is 0.310 e. The highest BCUT2D eigenvalue weighted by molar-refractivity contribution is 8.45. The molecule has 130 valence electrons. The predicted octanol–water partition coefficient (Wildman–Crippen LogP) is 4.59. The van der Waals surface area contributed by atoms with Gasteiger partial charge in [0.2, 0.25) is 0 Å². The van der Waals surface area contributed by atoms with E-state index in [1.165, 1.54) is 16.8 Å². The monoisotopic (exact) mass is 362 g/mol. The van der Waals surface area contributed by atoms with E-state index in [2.05, 4.69) is 0 Å². The van der Waals surface area contributed by atoms with Crippen molar-refractivity contribution in [2.75, 3.05) is 14.1 Å². The van der Waals surface area contributed by atoms with E-state index in [-0.39, 0.29) is 10.9 Å². The lowest BCUT2D eigenvalue weighted by Gasteiger charge is -2.49. The highest BCUT2D eigenvalue weighted by Gasteiger charge is 2.65. The van der Waals surface area contributed by atoms with Gasteiger partial charge in [-0.1, -0.05) is 19.4 Å². The molecule has 0 aliphatic heterocycles. The smallest absolute Gasteiger partial charge is 0.310 e. The molecule has 2 nitrogen and oxygen atoms in total. The van der Waals surface area contributed by atoms with Gasteiger partial charge in [-0.25, -0.2) is 0 Å². The normalized spacial score (nSPS) is 17.1. The first-order valence-electron chi connectivity index (χ1n) is 6.99. The molecule has 0 saturated carbocycles. The van der Waals surface area contributed by atoms with E-state index in [1.54, 1.807) is 32.8 Å². The van der Waals surface area contributed by atoms with Crippen molar-refractivity contribution in [1.82, 2.24) is 9.47 Å². The summed E-state index contributed by atoms with van der Waals surface area (Å²) in [4.78, 5) is -0.172. The Hall–Kier alpha value is -1.15. The zero-order valence-electron chi connectivity index (χ0n) is 13.7. The number of aromatic nitrogens is 1. The Kier molecular flexibility index (Phi) is 3.61. The van der Waals surface area contributed by atoms with Gasteiger partial charge < -0.3 is 9.47 Å². The highest BCUT2D eigenvalue weighted by atomic mass is 32.5. The van der Waals surface area contributed by atoms with Crippen molar-refractivity contribution in [3.05, 3.63) is 30.5 Å². The first-order valence-corrected chi connectivity index (χ1v) is 8.94. The van der Waals surface area contributed by atoms with Crippen LogP contribution in [0.1, 0.15) is 13.8 Å². The van der Waals surface area contributed by atoms with Gasteiger partial charge in [-0.15, -0.1) is 0 Å². The third-order valence-electron chi connectivity index (χ3n) is 4.60. The molecule has 0 saturated heterocycles. The van der Waals surface area contributed by atoms with Gasteiger partial charge in [0, 0.05) is 22.6 Å². The average molecular weight is 362 g/mol. The van der Waals surface area contributed by atoms with Crippen molar-refractivity contribution in [3.63, 3.8) is 0 Å². The molecule has 2 aromatic rings. The van der Waals surface area contributed by atoms with Gasteiger partial charge >= 0.3 is 10.2 Å². The quantitative estimate of drug-likeness (QED) is 0.571. The second-order valence-electron chi connectivity index (χ2n) is 6.65. The molecule has 1 aromatic carbocycles. The molecular formula is C14H17B2F5N2S. The third-order valence-corrected chi connectivity index (χ3v) is 5.75. The van der Waals surface area contributed by atoms with Crippen molar-refractivity contribution in [1.29, 1.82) is 0 Å². The number of fused-ring (bicyclic) bond motifs is 1. The number of nitrogens with zero attached hydrogens (tertiary/aromatic N) is 2. The van der Waals surface area contributed by atoms with Crippen LogP contribution in [0.3, 0.4) is 0 Å². The lowest BCUT2D eigenvalue weighted by Crippen LogP contribution is -2.60. The van der Waals surface area contributed by atoms with Crippen molar-refractivity contribution in [2.45, 2.75) is 29.6 Å². The lowest BCUT2D eigenvalue weighted by atomic mass is 9.51. The molecule has 0 fully saturated rings. The van der Waals surface area contributed by atoms with Crippen molar-refractivity contribution >= 4 is 36.8 Å². The molecule has 0 atom stereocenters. The maximum absolute atomic E-state index is 12.9. The van der Waals surface area contributed by atoms with Crippen LogP contribution < -0.4 is 0 Å². The molecule has 24 heavy (non-hydrogen) atoms. The van der Waals surface area contributed by atoms with Crippen molar-refractivity contribution in [3.8, 4) is 0 Å². The van der Waals surface area contributed by atoms with Crippen LogP contribution in [0.5, 0.6) is 0 Å². The van der Waals surface area contributed by atoms with Gasteiger partial charge in [0.05, 0.1) is 15.7 Å². The Morgan fingerprint density at radius 1 is 1.00 bits per heavy atom. The largest absolute Gasteiger partial charge is 0.357 e. The summed E-state index contributed by atoms with van der Waals surface area (Å²) in [7, 11) is 6.26. The lowest BCUT2D eigenvalue weighted by molar-refractivity contribution is 0.141. The van der Waals surface area contributed by atoms with Gasteiger partial charge in [0.15, 0.2) is 0 Å². The summed E-state index contributed by atoms with van der Waals surface area (Å²) >= 11 is 0. The molecule has 0 amide bonds. The van der Waals surface area contributed by atoms with Gasteiger partial charge in [-0.2, -0.15) is 0 Å². The number of hydrogen-bond donors (Lipinski definition) is 0. The highest BCUT2D eigenvalue weighted by Crippen LogP contribution is 3.02. The van der Waals surface area contributed by atoms with Crippen LogP contribution in [0, 0.1) is 0 Å². The van der Waals surface area contributed by atoms with E-state index < -0.39 is 26.0 Å². The molecule has 0 unspecified atom stereocenters. The van der Waals surface area contributed by atoms with Crippen LogP contribution in [0.4, 0.5) is 19.4 Å². The van der Waals surface area contributed by atoms with Gasteiger partial charge in [-0.05, 0) is 57.5 Å². The van der Waals surface area contributed by atoms with Gasteiger partial charge in [0.1, 0.15) is 4.90 Å². The maximum atomic E-state index is 12.9. The van der Waals surface area contributed by atoms with Gasteiger partial charge in [-0.3, -0.25) is 0 Å². The molecule has 0 aliphatic carbocycles. The molecule has 0 bridgehead atoms. The zero-order chi connectivity index (χ0) is 18.8. The first kappa shape index (κ1) is 19.2. The molecule has 1 heterocycles. The van der Waals surface area contributed by atoms with Gasteiger partial charge in [0.25, 0.3) is 0 Å². The fraction of sp³-hybridized carbons (Fsp3) is 0.429. The number of halogens is 5. The summed E-state index contributed by atoms with van der Waals surface area (Å²) in [5.74, 6) is 0. The van der Waals surface area contributed by atoms with E-state index in [1.807, 2.05) is 0 Å². The fourth-order valence-corrected chi connectivity index (χ4v) is 3.01. The van der Waals surface area contributed by atoms with Crippen molar-refractivity contribution in [2.24, 2.45) is 0 Å². The minimum atomic E-state index is -9.73. The second-order valence-corrected chi connectivity index (χ2v) is 9.06. The summed E-state index contributed by atoms with van der Waals surface area (Å²) in [6, 6.07) is 3.02. The van der Waals surface area contributed by atoms with Crippen LogP contribution >= 0.6 is 10.2 Å². The minimum Gasteiger partial charge on any atom is -0.357 e. The second kappa shape index (κ2) is 4.52. The summed E-state index contributed by atoms with van der Waals surface area (Å²) in [5.41, 5.74) is -0.543. The predicted molar refractivity (Wildman–Crippen MR) is 90.6 cm³/mol. The van der Waals surface area contributed by atoms with Crippen LogP contribution in [-0.4, -0.2) is 44.8 Å². The standard InChI is InChI=1S/C14H17B2F5N2S/c1-13(2,22(3)4)14(15,16)23-8-7-10-9-11(5-6-12(10)23)24(17,18,19,20)21/h5-9H,1-4H3. The first-order chi connectivity index (χ1) is 10.4. The van der Waals surface area contributed by atoms with E-state index in [0.717, 1.165) is 6.07 Å². The number of hydrogen-bond acceptors (Lipinski definition) is 1. The Balaban J connectivity index is 2.67. The van der Waals surface area contributed by atoms with Crippen LogP contribution in [-0.2, 0) is 5.34 Å². The molecule has 0 aliphatic rings. The summed E-state index contributed by atoms with van der Waals surface area (Å²) in [6.07, 6.45) is 1.39. The van der Waals surface area contributed by atoms with E-state index >= 15 is 0 Å². The molecule has 1 aromatic heterocycles. The molecule has 2 rings (SSSR count). The minimum absolute atomic E-state index is 0.0180. The molecule has 0 spiro atoms. The topological polar surface area (TPSA) is 8.17 Å². The summed E-state index contributed by atoms with van der Waals surface area (Å²) < 4.78 is 66.1. The van der Waals surface area contributed by atoms with E-state index in [9.17, 15) is 19.4 Å². The van der Waals surface area contributed by atoms with Crippen LogP contribution in [0.15, 0.2) is 35.4 Å². The molecule has 0 N–H and O–H groups in total. The van der Waals surface area contributed by atoms with Crippen LogP contribution in [0.25, 0.3) is 10.9 Å². The van der Waals surface area contributed by atoms with E-state index in [0.29, 0.717) is 12.1 Å². The molecule has 4 radical (unpaired) electrons. The third kappa shape index (κ3) is 3.06. The molecular weight excluding hydrogens is 345 g/mol. The molecule has 10 heteroatoms.